The van der Waals surface area contributed by atoms with E-state index in [9.17, 15) is 13.2 Å². The number of hydrogen-bond donors (Lipinski definition) is 0. The van der Waals surface area contributed by atoms with Gasteiger partial charge in [0, 0.05) is 0 Å². The highest BCUT2D eigenvalue weighted by Gasteiger charge is 2.47. The Morgan fingerprint density at radius 2 is 1.56 bits per heavy atom. The second kappa shape index (κ2) is 6.31. The number of unbranched alkanes of at least 4 members (excludes halogenated alkanes) is 6. The molecule has 0 N–H and O–H groups in total. The van der Waals surface area contributed by atoms with Crippen molar-refractivity contribution in [2.24, 2.45) is 5.92 Å². The van der Waals surface area contributed by atoms with Gasteiger partial charge < -0.3 is 0 Å². The van der Waals surface area contributed by atoms with Crippen LogP contribution in [0.15, 0.2) is 11.6 Å². The Labute approximate surface area is 95.9 Å². The summed E-state index contributed by atoms with van der Waals surface area (Å²) in [7, 11) is 0. The third kappa shape index (κ3) is 5.04. The SMILES string of the molecule is CCCCCCCCCC1=C[C@H]1C(F)(F)F. The van der Waals surface area contributed by atoms with E-state index < -0.39 is 12.1 Å². The lowest BCUT2D eigenvalue weighted by atomic mass is 10.1. The zero-order chi connectivity index (χ0) is 12.0. The van der Waals surface area contributed by atoms with Crippen molar-refractivity contribution >= 4 is 0 Å². The van der Waals surface area contributed by atoms with Gasteiger partial charge in [-0.25, -0.2) is 0 Å². The van der Waals surface area contributed by atoms with Gasteiger partial charge in [0.05, 0.1) is 5.92 Å². The Kier molecular flexibility index (Phi) is 5.36. The van der Waals surface area contributed by atoms with E-state index >= 15 is 0 Å². The molecule has 1 aliphatic carbocycles. The predicted molar refractivity (Wildman–Crippen MR) is 60.2 cm³/mol. The highest BCUT2D eigenvalue weighted by atomic mass is 19.4. The van der Waals surface area contributed by atoms with Crippen molar-refractivity contribution in [2.45, 2.75) is 64.5 Å². The molecule has 1 aliphatic rings. The first kappa shape index (κ1) is 13.6. The molecular formula is C13H21F3. The molecule has 0 spiro atoms. The topological polar surface area (TPSA) is 0 Å². The highest BCUT2D eigenvalue weighted by Crippen LogP contribution is 2.45. The van der Waals surface area contributed by atoms with E-state index in [-0.39, 0.29) is 0 Å². The fourth-order valence-electron chi connectivity index (χ4n) is 2.00. The van der Waals surface area contributed by atoms with Crippen LogP contribution in [0, 0.1) is 5.92 Å². The van der Waals surface area contributed by atoms with E-state index in [0.717, 1.165) is 12.8 Å². The van der Waals surface area contributed by atoms with Crippen LogP contribution in [0.3, 0.4) is 0 Å². The maximum atomic E-state index is 12.2. The van der Waals surface area contributed by atoms with E-state index in [4.69, 9.17) is 0 Å². The summed E-state index contributed by atoms with van der Waals surface area (Å²) in [6.45, 7) is 2.18. The minimum atomic E-state index is -4.02. The van der Waals surface area contributed by atoms with Crippen molar-refractivity contribution in [3.63, 3.8) is 0 Å². The highest BCUT2D eigenvalue weighted by molar-refractivity contribution is 5.31. The van der Waals surface area contributed by atoms with Gasteiger partial charge in [-0.1, -0.05) is 57.1 Å². The molecule has 0 bridgehead atoms. The predicted octanol–water partition coefficient (Wildman–Crippen LogP) is 5.25. The van der Waals surface area contributed by atoms with Crippen LogP contribution in [0.5, 0.6) is 0 Å². The van der Waals surface area contributed by atoms with Crippen molar-refractivity contribution in [3.8, 4) is 0 Å². The summed E-state index contributed by atoms with van der Waals surface area (Å²) in [4.78, 5) is 0. The molecule has 3 heteroatoms. The molecule has 0 fully saturated rings. The standard InChI is InChI=1S/C13H21F3/c1-2-3-4-5-6-7-8-9-11-10-12(11)13(14,15)16/h10,12H,2-9H2,1H3/t12-/m1/s1. The van der Waals surface area contributed by atoms with Crippen LogP contribution in [0.2, 0.25) is 0 Å². The molecule has 16 heavy (non-hydrogen) atoms. The molecule has 1 atom stereocenters. The quantitative estimate of drug-likeness (QED) is 0.397. The van der Waals surface area contributed by atoms with Gasteiger partial charge in [-0.05, 0) is 12.8 Å². The Bertz CT molecular complexity index is 228. The summed E-state index contributed by atoms with van der Waals surface area (Å²) < 4.78 is 36.5. The second-order valence-corrected chi connectivity index (χ2v) is 4.63. The summed E-state index contributed by atoms with van der Waals surface area (Å²) in [5.74, 6) is -1.17. The molecule has 0 radical (unpaired) electrons. The fraction of sp³-hybridized carbons (Fsp3) is 0.846. The molecule has 0 aromatic rings. The molecular weight excluding hydrogens is 213 g/mol. The van der Waals surface area contributed by atoms with Crippen LogP contribution in [0.25, 0.3) is 0 Å². The van der Waals surface area contributed by atoms with E-state index in [0.29, 0.717) is 12.0 Å². The molecule has 0 aromatic carbocycles. The van der Waals surface area contributed by atoms with Gasteiger partial charge in [0.15, 0.2) is 0 Å². The maximum absolute atomic E-state index is 12.2. The summed E-state index contributed by atoms with van der Waals surface area (Å²) in [6, 6.07) is 0. The maximum Gasteiger partial charge on any atom is 0.398 e. The van der Waals surface area contributed by atoms with Gasteiger partial charge in [0.25, 0.3) is 0 Å². The van der Waals surface area contributed by atoms with Crippen LogP contribution < -0.4 is 0 Å². The molecule has 0 nitrogen and oxygen atoms in total. The van der Waals surface area contributed by atoms with Gasteiger partial charge in [0.1, 0.15) is 0 Å². The van der Waals surface area contributed by atoms with Gasteiger partial charge >= 0.3 is 6.18 Å². The second-order valence-electron chi connectivity index (χ2n) is 4.63. The third-order valence-electron chi connectivity index (χ3n) is 3.09. The summed E-state index contributed by atoms with van der Waals surface area (Å²) in [5.41, 5.74) is 0.612. The summed E-state index contributed by atoms with van der Waals surface area (Å²) >= 11 is 0. The lowest BCUT2D eigenvalue weighted by Crippen LogP contribution is -2.12. The zero-order valence-electron chi connectivity index (χ0n) is 9.95. The van der Waals surface area contributed by atoms with Gasteiger partial charge in [-0.2, -0.15) is 13.2 Å². The van der Waals surface area contributed by atoms with E-state index in [1.165, 1.54) is 38.2 Å². The normalized spacial score (nSPS) is 19.8. The minimum Gasteiger partial charge on any atom is -0.170 e. The van der Waals surface area contributed by atoms with Crippen LogP contribution in [-0.4, -0.2) is 6.18 Å². The molecule has 0 unspecified atom stereocenters. The van der Waals surface area contributed by atoms with Gasteiger partial charge in [-0.3, -0.25) is 0 Å². The Morgan fingerprint density at radius 1 is 1.00 bits per heavy atom. The molecule has 0 amide bonds. The Morgan fingerprint density at radius 3 is 2.06 bits per heavy atom. The molecule has 0 saturated heterocycles. The largest absolute Gasteiger partial charge is 0.398 e. The van der Waals surface area contributed by atoms with Crippen molar-refractivity contribution < 1.29 is 13.2 Å². The van der Waals surface area contributed by atoms with E-state index in [1.54, 1.807) is 0 Å². The summed E-state index contributed by atoms with van der Waals surface area (Å²) in [5, 5.41) is 0. The fourth-order valence-corrected chi connectivity index (χ4v) is 2.00. The van der Waals surface area contributed by atoms with Gasteiger partial charge in [0.2, 0.25) is 0 Å². The average Bonchev–Trinajstić information content (AvgIpc) is 2.95. The van der Waals surface area contributed by atoms with Crippen LogP contribution in [0.4, 0.5) is 13.2 Å². The molecule has 0 aromatic heterocycles. The van der Waals surface area contributed by atoms with Gasteiger partial charge in [-0.15, -0.1) is 0 Å². The zero-order valence-corrected chi connectivity index (χ0v) is 9.95. The van der Waals surface area contributed by atoms with Crippen molar-refractivity contribution in [1.82, 2.24) is 0 Å². The number of hydrogen-bond acceptors (Lipinski definition) is 0. The van der Waals surface area contributed by atoms with Crippen LogP contribution in [0.1, 0.15) is 58.3 Å². The van der Waals surface area contributed by atoms with Crippen LogP contribution >= 0.6 is 0 Å². The lowest BCUT2D eigenvalue weighted by Gasteiger charge is -2.05. The first-order valence-electron chi connectivity index (χ1n) is 6.33. The lowest BCUT2D eigenvalue weighted by molar-refractivity contribution is -0.142. The monoisotopic (exact) mass is 234 g/mol. The minimum absolute atomic E-state index is 0.612. The number of halogens is 3. The average molecular weight is 234 g/mol. The van der Waals surface area contributed by atoms with Crippen LogP contribution in [-0.2, 0) is 0 Å². The first-order chi connectivity index (χ1) is 7.55. The van der Waals surface area contributed by atoms with Crippen molar-refractivity contribution in [3.05, 3.63) is 11.6 Å². The molecule has 0 heterocycles. The number of rotatable bonds is 8. The number of alkyl halides is 3. The van der Waals surface area contributed by atoms with E-state index in [2.05, 4.69) is 6.92 Å². The first-order valence-corrected chi connectivity index (χ1v) is 6.33. The van der Waals surface area contributed by atoms with E-state index in [1.807, 2.05) is 0 Å². The molecule has 0 aliphatic heterocycles. The van der Waals surface area contributed by atoms with Crippen molar-refractivity contribution in [1.29, 1.82) is 0 Å². The molecule has 0 saturated carbocycles. The summed E-state index contributed by atoms with van der Waals surface area (Å²) in [6.07, 6.45) is 6.17. The molecule has 94 valence electrons. The third-order valence-corrected chi connectivity index (χ3v) is 3.09. The Hall–Kier alpha value is -0.470. The molecule has 1 rings (SSSR count). The smallest absolute Gasteiger partial charge is 0.170 e. The van der Waals surface area contributed by atoms with Crippen molar-refractivity contribution in [2.75, 3.05) is 0 Å². The number of allylic oxidation sites excluding steroid dienone is 2. The Balaban J connectivity index is 1.89.